The van der Waals surface area contributed by atoms with Crippen LogP contribution in [0.2, 0.25) is 0 Å². The molecule has 2 heteroatoms. The van der Waals surface area contributed by atoms with Crippen LogP contribution in [0.5, 0.6) is 0 Å². The predicted octanol–water partition coefficient (Wildman–Crippen LogP) is 0.821. The maximum absolute atomic E-state index is 11.7. The molecule has 7 heavy (non-hydrogen) atoms. The monoisotopic (exact) mass is 95.0 g/mol. The number of nitrogens with zero attached hydrogens (tertiary/aromatic N) is 1. The molecule has 0 N–H and O–H groups in total. The Labute approximate surface area is 40.8 Å². The quantitative estimate of drug-likeness (QED) is 0.435. The summed E-state index contributed by atoms with van der Waals surface area (Å²) in [5.74, 6) is -0.515. The van der Waals surface area contributed by atoms with Crippen LogP contribution in [0.1, 0.15) is 0 Å². The van der Waals surface area contributed by atoms with Gasteiger partial charge in [-0.05, 0) is 12.1 Å². The smallest absolute Gasteiger partial charge is 0.213 e. The van der Waals surface area contributed by atoms with Crippen LogP contribution in [0.15, 0.2) is 12.1 Å². The summed E-state index contributed by atoms with van der Waals surface area (Å²) >= 11 is 0. The molecular formula is C5H2FN. The summed E-state index contributed by atoms with van der Waals surface area (Å²) in [4.78, 5) is 3.13. The number of aromatic nitrogens is 1. The first-order valence-corrected chi connectivity index (χ1v) is 1.80. The second-order valence-electron chi connectivity index (χ2n) is 1.02. The van der Waals surface area contributed by atoms with Crippen molar-refractivity contribution in [2.24, 2.45) is 0 Å². The highest BCUT2D eigenvalue weighted by Gasteiger charge is 1.80. The first-order valence-electron chi connectivity index (χ1n) is 1.80. The summed E-state index contributed by atoms with van der Waals surface area (Å²) in [5.41, 5.74) is 0. The van der Waals surface area contributed by atoms with Crippen LogP contribution < -0.4 is 0 Å². The molecule has 0 atom stereocenters. The fourth-order valence-corrected chi connectivity index (χ4v) is 0.271. The van der Waals surface area contributed by atoms with Gasteiger partial charge >= 0.3 is 0 Å². The summed E-state index contributed by atoms with van der Waals surface area (Å²) in [7, 11) is 0. The topological polar surface area (TPSA) is 12.9 Å². The molecule has 0 aromatic carbocycles. The van der Waals surface area contributed by atoms with E-state index in [1.807, 2.05) is 0 Å². The Morgan fingerprint density at radius 2 is 2.57 bits per heavy atom. The van der Waals surface area contributed by atoms with Crippen LogP contribution in [-0.2, 0) is 0 Å². The molecule has 0 saturated carbocycles. The summed E-state index contributed by atoms with van der Waals surface area (Å²) in [6.07, 6.45) is 2.21. The van der Waals surface area contributed by atoms with E-state index >= 15 is 0 Å². The van der Waals surface area contributed by atoms with Gasteiger partial charge in [0.25, 0.3) is 0 Å². The van der Waals surface area contributed by atoms with Crippen molar-refractivity contribution in [3.8, 4) is 0 Å². The molecule has 0 unspecified atom stereocenters. The number of hydrogen-bond donors (Lipinski definition) is 0. The molecule has 1 rings (SSSR count). The first kappa shape index (κ1) is 4.24. The van der Waals surface area contributed by atoms with Crippen molar-refractivity contribution in [1.29, 1.82) is 0 Å². The van der Waals surface area contributed by atoms with Crippen LogP contribution in [0.25, 0.3) is 0 Å². The van der Waals surface area contributed by atoms with Gasteiger partial charge in [0.1, 0.15) is 6.20 Å². The highest BCUT2D eigenvalue weighted by atomic mass is 19.1. The molecule has 2 radical (unpaired) electrons. The van der Waals surface area contributed by atoms with E-state index in [1.165, 1.54) is 12.1 Å². The Bertz CT molecular complexity index is 138. The van der Waals surface area contributed by atoms with E-state index in [1.54, 1.807) is 0 Å². The van der Waals surface area contributed by atoms with Gasteiger partial charge in [-0.1, -0.05) is 0 Å². The average molecular weight is 95.1 g/mol. The van der Waals surface area contributed by atoms with Gasteiger partial charge in [0.2, 0.25) is 5.95 Å². The zero-order valence-corrected chi connectivity index (χ0v) is 3.48. The Morgan fingerprint density at radius 3 is 2.86 bits per heavy atom. The van der Waals surface area contributed by atoms with Crippen LogP contribution in [0.4, 0.5) is 4.39 Å². The van der Waals surface area contributed by atoms with Crippen molar-refractivity contribution in [3.63, 3.8) is 0 Å². The zero-order valence-electron chi connectivity index (χ0n) is 3.48. The van der Waals surface area contributed by atoms with E-state index in [2.05, 4.69) is 17.2 Å². The molecule has 0 saturated heterocycles. The van der Waals surface area contributed by atoms with Gasteiger partial charge in [-0.15, -0.1) is 0 Å². The van der Waals surface area contributed by atoms with E-state index in [0.717, 1.165) is 0 Å². The van der Waals surface area contributed by atoms with Gasteiger partial charge in [-0.25, -0.2) is 4.98 Å². The summed E-state index contributed by atoms with van der Waals surface area (Å²) < 4.78 is 11.7. The van der Waals surface area contributed by atoms with Crippen molar-refractivity contribution in [2.45, 2.75) is 0 Å². The van der Waals surface area contributed by atoms with E-state index in [9.17, 15) is 4.39 Å². The van der Waals surface area contributed by atoms with Gasteiger partial charge in [0.05, 0.1) is 0 Å². The second kappa shape index (κ2) is 1.69. The number of rotatable bonds is 0. The fraction of sp³-hybridized carbons (Fsp3) is 0. The lowest BCUT2D eigenvalue weighted by Gasteiger charge is -1.76. The van der Waals surface area contributed by atoms with E-state index in [4.69, 9.17) is 0 Å². The molecule has 1 nitrogen and oxygen atoms in total. The van der Waals surface area contributed by atoms with Gasteiger partial charge in [-0.2, -0.15) is 4.39 Å². The third-order valence-electron chi connectivity index (χ3n) is 0.531. The van der Waals surface area contributed by atoms with Gasteiger partial charge in [0.15, 0.2) is 0 Å². The molecule has 1 aromatic heterocycles. The summed E-state index contributed by atoms with van der Waals surface area (Å²) in [6, 6.07) is 5.09. The SMILES string of the molecule is Fc1cc[c][c]n1. The zero-order chi connectivity index (χ0) is 5.11. The second-order valence-corrected chi connectivity index (χ2v) is 1.02. The number of halogens is 1. The van der Waals surface area contributed by atoms with E-state index < -0.39 is 5.95 Å². The van der Waals surface area contributed by atoms with E-state index in [0.29, 0.717) is 0 Å². The third-order valence-corrected chi connectivity index (χ3v) is 0.531. The van der Waals surface area contributed by atoms with Crippen LogP contribution in [-0.4, -0.2) is 4.98 Å². The van der Waals surface area contributed by atoms with Crippen LogP contribution >= 0.6 is 0 Å². The van der Waals surface area contributed by atoms with Crippen LogP contribution in [0.3, 0.4) is 0 Å². The fourth-order valence-electron chi connectivity index (χ4n) is 0.271. The minimum atomic E-state index is -0.515. The average Bonchev–Trinajstić information content (AvgIpc) is 1.69. The highest BCUT2D eigenvalue weighted by molar-refractivity contribution is 4.87. The van der Waals surface area contributed by atoms with Crippen LogP contribution in [0, 0.1) is 18.2 Å². The lowest BCUT2D eigenvalue weighted by Crippen LogP contribution is -1.75. The molecule has 1 aromatic rings. The molecule has 0 fully saturated rings. The van der Waals surface area contributed by atoms with Crippen molar-refractivity contribution in [1.82, 2.24) is 4.98 Å². The Hall–Kier alpha value is -0.920. The molecule has 0 amide bonds. The lowest BCUT2D eigenvalue weighted by atomic mass is 10.5. The molecule has 0 aliphatic heterocycles. The van der Waals surface area contributed by atoms with Gasteiger partial charge in [-0.3, -0.25) is 0 Å². The summed E-state index contributed by atoms with van der Waals surface area (Å²) in [6.45, 7) is 0. The summed E-state index contributed by atoms with van der Waals surface area (Å²) in [5, 5.41) is 0. The van der Waals surface area contributed by atoms with Crippen molar-refractivity contribution in [3.05, 3.63) is 30.3 Å². The molecular weight excluding hydrogens is 93.1 g/mol. The number of hydrogen-bond acceptors (Lipinski definition) is 1. The predicted molar refractivity (Wildman–Crippen MR) is 21.9 cm³/mol. The minimum Gasteiger partial charge on any atom is -0.217 e. The van der Waals surface area contributed by atoms with Crippen molar-refractivity contribution >= 4 is 0 Å². The normalized spacial score (nSPS) is 8.71. The molecule has 1 heterocycles. The Morgan fingerprint density at radius 1 is 1.71 bits per heavy atom. The maximum atomic E-state index is 11.7. The maximum Gasteiger partial charge on any atom is 0.213 e. The molecule has 0 spiro atoms. The van der Waals surface area contributed by atoms with Crippen molar-refractivity contribution in [2.75, 3.05) is 0 Å². The van der Waals surface area contributed by atoms with Gasteiger partial charge < -0.3 is 0 Å². The minimum absolute atomic E-state index is 0.515. The lowest BCUT2D eigenvalue weighted by molar-refractivity contribution is 0.582. The largest absolute Gasteiger partial charge is 0.217 e. The third kappa shape index (κ3) is 0.961. The number of pyridine rings is 1. The molecule has 0 aliphatic carbocycles. The molecule has 0 bridgehead atoms. The first-order chi connectivity index (χ1) is 3.39. The molecule has 0 aliphatic rings. The Balaban J connectivity index is 3.02. The van der Waals surface area contributed by atoms with Crippen molar-refractivity contribution < 1.29 is 4.39 Å². The highest BCUT2D eigenvalue weighted by Crippen LogP contribution is 1.84. The van der Waals surface area contributed by atoms with Gasteiger partial charge in [0, 0.05) is 6.07 Å². The standard InChI is InChI=1S/C5H2FN/c6-5-3-1-2-4-7-5/h1,3H. The molecule has 34 valence electrons. The van der Waals surface area contributed by atoms with E-state index in [-0.39, 0.29) is 0 Å². The Kier molecular flexibility index (Phi) is 1.02.